The molecule has 0 saturated carbocycles. The molecule has 2 heteroatoms. The summed E-state index contributed by atoms with van der Waals surface area (Å²) < 4.78 is 0. The van der Waals surface area contributed by atoms with E-state index in [0.717, 1.165) is 13.1 Å². The lowest BCUT2D eigenvalue weighted by molar-refractivity contribution is 0.152. The van der Waals surface area contributed by atoms with Crippen LogP contribution in [0.5, 0.6) is 0 Å². The number of nitrogens with zero attached hydrogens (tertiary/aromatic N) is 2. The van der Waals surface area contributed by atoms with Crippen LogP contribution in [-0.2, 0) is 0 Å². The summed E-state index contributed by atoms with van der Waals surface area (Å²) in [5.74, 6) is 0. The van der Waals surface area contributed by atoms with Crippen LogP contribution in [0.25, 0.3) is 0 Å². The normalized spacial score (nSPS) is 25.9. The molecule has 1 aliphatic rings. The second kappa shape index (κ2) is 6.46. The Morgan fingerprint density at radius 2 is 1.04 bits per heavy atom. The highest BCUT2D eigenvalue weighted by Crippen LogP contribution is 2.42. The Morgan fingerprint density at radius 1 is 0.696 bits per heavy atom. The smallest absolute Gasteiger partial charge is 0.0543 e. The number of likely N-dealkylation sites (N-methyl/N-ethyl adjacent to an activating group) is 2. The van der Waals surface area contributed by atoms with E-state index in [-0.39, 0.29) is 5.41 Å². The van der Waals surface area contributed by atoms with Crippen LogP contribution < -0.4 is 0 Å². The molecule has 122 valence electrons. The molecule has 2 aromatic rings. The predicted molar refractivity (Wildman–Crippen MR) is 97.4 cm³/mol. The first-order valence-corrected chi connectivity index (χ1v) is 8.48. The molecular weight excluding hydrogens is 280 g/mol. The van der Waals surface area contributed by atoms with Gasteiger partial charge in [-0.25, -0.2) is 0 Å². The maximum absolute atomic E-state index is 2.54. The molecule has 23 heavy (non-hydrogen) atoms. The average Bonchev–Trinajstić information content (AvgIpc) is 2.61. The van der Waals surface area contributed by atoms with E-state index in [1.165, 1.54) is 11.1 Å². The Labute approximate surface area is 140 Å². The quantitative estimate of drug-likeness (QED) is 0.812. The van der Waals surface area contributed by atoms with E-state index in [9.17, 15) is 0 Å². The minimum absolute atomic E-state index is 0.278. The Morgan fingerprint density at radius 3 is 1.39 bits per heavy atom. The van der Waals surface area contributed by atoms with Crippen LogP contribution in [0, 0.1) is 5.41 Å². The third kappa shape index (κ3) is 3.49. The van der Waals surface area contributed by atoms with Gasteiger partial charge < -0.3 is 0 Å². The highest BCUT2D eigenvalue weighted by molar-refractivity contribution is 5.28. The van der Waals surface area contributed by atoms with Crippen LogP contribution in [0.1, 0.15) is 37.1 Å². The molecule has 2 atom stereocenters. The molecule has 2 unspecified atom stereocenters. The zero-order chi connectivity index (χ0) is 16.4. The molecule has 0 amide bonds. The van der Waals surface area contributed by atoms with E-state index in [0.29, 0.717) is 12.1 Å². The van der Waals surface area contributed by atoms with Gasteiger partial charge in [-0.05, 0) is 30.6 Å². The lowest BCUT2D eigenvalue weighted by Crippen LogP contribution is -2.34. The molecule has 1 fully saturated rings. The number of rotatable bonds is 2. The van der Waals surface area contributed by atoms with Gasteiger partial charge in [-0.1, -0.05) is 74.5 Å². The van der Waals surface area contributed by atoms with Gasteiger partial charge in [0.1, 0.15) is 0 Å². The highest BCUT2D eigenvalue weighted by Gasteiger charge is 2.39. The van der Waals surface area contributed by atoms with Crippen LogP contribution >= 0.6 is 0 Å². The van der Waals surface area contributed by atoms with Crippen molar-refractivity contribution < 1.29 is 0 Å². The topological polar surface area (TPSA) is 6.48 Å². The van der Waals surface area contributed by atoms with Crippen molar-refractivity contribution in [3.8, 4) is 0 Å². The molecule has 0 bridgehead atoms. The zero-order valence-corrected chi connectivity index (χ0v) is 14.7. The fraction of sp³-hybridized carbons (Fsp3) is 0.429. The Kier molecular flexibility index (Phi) is 4.56. The van der Waals surface area contributed by atoms with Gasteiger partial charge in [0.15, 0.2) is 0 Å². The molecule has 0 spiro atoms. The van der Waals surface area contributed by atoms with Crippen molar-refractivity contribution in [1.82, 2.24) is 9.80 Å². The maximum Gasteiger partial charge on any atom is 0.0543 e. The van der Waals surface area contributed by atoms with E-state index in [4.69, 9.17) is 0 Å². The van der Waals surface area contributed by atoms with E-state index < -0.39 is 0 Å². The van der Waals surface area contributed by atoms with Gasteiger partial charge >= 0.3 is 0 Å². The minimum atomic E-state index is 0.278. The fourth-order valence-electron chi connectivity index (χ4n) is 4.25. The van der Waals surface area contributed by atoms with Gasteiger partial charge in [-0.3, -0.25) is 9.80 Å². The molecule has 1 saturated heterocycles. The third-order valence-electron chi connectivity index (χ3n) is 4.89. The lowest BCUT2D eigenvalue weighted by atomic mass is 9.92. The molecule has 2 nitrogen and oxygen atoms in total. The number of benzene rings is 2. The zero-order valence-electron chi connectivity index (χ0n) is 14.7. The summed E-state index contributed by atoms with van der Waals surface area (Å²) in [5.41, 5.74) is 3.07. The molecule has 0 N–H and O–H groups in total. The summed E-state index contributed by atoms with van der Waals surface area (Å²) in [6.07, 6.45) is 0. The maximum atomic E-state index is 2.54. The summed E-state index contributed by atoms with van der Waals surface area (Å²) in [6.45, 7) is 6.94. The van der Waals surface area contributed by atoms with Gasteiger partial charge in [0.05, 0.1) is 12.1 Å². The standard InChI is InChI=1S/C21H28N2/c1-21(2)15-22(3)19(17-11-7-5-8-12-17)20(23(4)16-21)18-13-9-6-10-14-18/h5-14,19-20H,15-16H2,1-4H3. The number of hydrogen-bond acceptors (Lipinski definition) is 2. The van der Waals surface area contributed by atoms with Crippen molar-refractivity contribution >= 4 is 0 Å². The van der Waals surface area contributed by atoms with Crippen molar-refractivity contribution in [2.45, 2.75) is 25.9 Å². The Bertz CT molecular complexity index is 565. The van der Waals surface area contributed by atoms with Crippen molar-refractivity contribution in [2.75, 3.05) is 27.2 Å². The van der Waals surface area contributed by atoms with E-state index >= 15 is 0 Å². The summed E-state index contributed by atoms with van der Waals surface area (Å²) >= 11 is 0. The largest absolute Gasteiger partial charge is 0.297 e. The number of hydrogen-bond donors (Lipinski definition) is 0. The first-order chi connectivity index (χ1) is 11.0. The van der Waals surface area contributed by atoms with Crippen LogP contribution in [0.3, 0.4) is 0 Å². The first-order valence-electron chi connectivity index (χ1n) is 8.48. The highest BCUT2D eigenvalue weighted by atomic mass is 15.3. The van der Waals surface area contributed by atoms with Crippen molar-refractivity contribution in [2.24, 2.45) is 5.41 Å². The van der Waals surface area contributed by atoms with Gasteiger partial charge in [0.25, 0.3) is 0 Å². The summed E-state index contributed by atoms with van der Waals surface area (Å²) in [5, 5.41) is 0. The van der Waals surface area contributed by atoms with Gasteiger partial charge in [-0.2, -0.15) is 0 Å². The van der Waals surface area contributed by atoms with Crippen molar-refractivity contribution in [3.63, 3.8) is 0 Å². The summed E-state index contributed by atoms with van der Waals surface area (Å²) in [4.78, 5) is 5.08. The SMILES string of the molecule is CN1CC(C)(C)CN(C)C(c2ccccc2)C1c1ccccc1. The fourth-order valence-corrected chi connectivity index (χ4v) is 4.25. The molecule has 1 aliphatic heterocycles. The first kappa shape index (κ1) is 16.2. The van der Waals surface area contributed by atoms with Crippen LogP contribution in [0.4, 0.5) is 0 Å². The lowest BCUT2D eigenvalue weighted by Gasteiger charge is -2.37. The van der Waals surface area contributed by atoms with Crippen LogP contribution in [-0.4, -0.2) is 37.0 Å². The molecule has 0 aromatic heterocycles. The molecule has 2 aromatic carbocycles. The summed E-state index contributed by atoms with van der Waals surface area (Å²) in [6, 6.07) is 22.6. The predicted octanol–water partition coefficient (Wildman–Crippen LogP) is 4.37. The second-order valence-electron chi connectivity index (χ2n) is 7.71. The monoisotopic (exact) mass is 308 g/mol. The van der Waals surface area contributed by atoms with E-state index in [2.05, 4.69) is 98.4 Å². The summed E-state index contributed by atoms with van der Waals surface area (Å²) in [7, 11) is 4.54. The van der Waals surface area contributed by atoms with Crippen molar-refractivity contribution in [1.29, 1.82) is 0 Å². The minimum Gasteiger partial charge on any atom is -0.297 e. The van der Waals surface area contributed by atoms with E-state index in [1.54, 1.807) is 0 Å². The average molecular weight is 308 g/mol. The molecular formula is C21H28N2. The van der Waals surface area contributed by atoms with Crippen LogP contribution in [0.15, 0.2) is 60.7 Å². The second-order valence-corrected chi connectivity index (χ2v) is 7.71. The molecule has 0 radical (unpaired) electrons. The van der Waals surface area contributed by atoms with Gasteiger partial charge in [0, 0.05) is 13.1 Å². The molecule has 1 heterocycles. The van der Waals surface area contributed by atoms with Gasteiger partial charge in [0.2, 0.25) is 0 Å². The van der Waals surface area contributed by atoms with E-state index in [1.807, 2.05) is 0 Å². The Balaban J connectivity index is 2.09. The van der Waals surface area contributed by atoms with Crippen molar-refractivity contribution in [3.05, 3.63) is 71.8 Å². The molecule has 0 aliphatic carbocycles. The van der Waals surface area contributed by atoms with Gasteiger partial charge in [-0.15, -0.1) is 0 Å². The van der Waals surface area contributed by atoms with Crippen LogP contribution in [0.2, 0.25) is 0 Å². The Hall–Kier alpha value is -1.64. The third-order valence-corrected chi connectivity index (χ3v) is 4.89. The molecule has 3 rings (SSSR count).